The van der Waals surface area contributed by atoms with E-state index in [0.29, 0.717) is 5.82 Å². The van der Waals surface area contributed by atoms with Gasteiger partial charge >= 0.3 is 5.69 Å². The van der Waals surface area contributed by atoms with E-state index >= 15 is 0 Å². The highest BCUT2D eigenvalue weighted by Gasteiger charge is 2.16. The van der Waals surface area contributed by atoms with Gasteiger partial charge in [0, 0.05) is 32.2 Å². The summed E-state index contributed by atoms with van der Waals surface area (Å²) in [6, 6.07) is 2.92. The molecule has 0 unspecified atom stereocenters. The Bertz CT molecular complexity index is 444. The first-order valence-electron chi connectivity index (χ1n) is 5.67. The molecule has 0 aromatic carbocycles. The van der Waals surface area contributed by atoms with E-state index in [1.807, 2.05) is 5.01 Å². The van der Waals surface area contributed by atoms with Crippen LogP contribution in [0.5, 0.6) is 0 Å². The molecule has 98 valence electrons. The van der Waals surface area contributed by atoms with Gasteiger partial charge in [-0.1, -0.05) is 0 Å². The summed E-state index contributed by atoms with van der Waals surface area (Å²) in [7, 11) is 2.07. The van der Waals surface area contributed by atoms with Crippen molar-refractivity contribution < 1.29 is 4.92 Å². The average Bonchev–Trinajstić information content (AvgIpc) is 2.32. The van der Waals surface area contributed by atoms with Gasteiger partial charge in [-0.3, -0.25) is 10.1 Å². The van der Waals surface area contributed by atoms with Crippen LogP contribution in [0.2, 0.25) is 0 Å². The molecule has 1 fully saturated rings. The minimum atomic E-state index is -0.540. The summed E-state index contributed by atoms with van der Waals surface area (Å²) in [6.07, 6.45) is 0. The largest absolute Gasteiger partial charge is 0.378 e. The standard InChI is InChI=1S/C10H16N6O2/c1-14-4-6-15(7-5-14)13-9-3-2-8(16(17)18)10(11)12-9/h2-3H,4-7H2,1H3,(H3,11,12,13). The Hall–Kier alpha value is -1.93. The molecule has 8 heteroatoms. The van der Waals surface area contributed by atoms with E-state index in [1.165, 1.54) is 6.07 Å². The Morgan fingerprint density at radius 3 is 2.61 bits per heavy atom. The van der Waals surface area contributed by atoms with Crippen LogP contribution in [0, 0.1) is 10.1 Å². The average molecular weight is 252 g/mol. The zero-order valence-corrected chi connectivity index (χ0v) is 10.2. The molecular formula is C10H16N6O2. The number of pyridine rings is 1. The van der Waals surface area contributed by atoms with E-state index in [1.54, 1.807) is 6.07 Å². The smallest absolute Gasteiger partial charge is 0.311 e. The lowest BCUT2D eigenvalue weighted by Crippen LogP contribution is -2.47. The number of nitrogen functional groups attached to an aromatic ring is 1. The van der Waals surface area contributed by atoms with Gasteiger partial charge in [0.1, 0.15) is 5.82 Å². The second kappa shape index (κ2) is 5.15. The van der Waals surface area contributed by atoms with Gasteiger partial charge in [0.25, 0.3) is 0 Å². The summed E-state index contributed by atoms with van der Waals surface area (Å²) >= 11 is 0. The number of hydrazine groups is 1. The highest BCUT2D eigenvalue weighted by Crippen LogP contribution is 2.21. The SMILES string of the molecule is CN1CCN(Nc2ccc([N+](=O)[O-])c(N)n2)CC1. The first-order chi connectivity index (χ1) is 8.56. The third-order valence-corrected chi connectivity index (χ3v) is 2.88. The summed E-state index contributed by atoms with van der Waals surface area (Å²) in [5.74, 6) is 0.460. The maximum atomic E-state index is 10.6. The van der Waals surface area contributed by atoms with Crippen molar-refractivity contribution in [2.75, 3.05) is 44.4 Å². The van der Waals surface area contributed by atoms with E-state index in [-0.39, 0.29) is 11.5 Å². The van der Waals surface area contributed by atoms with E-state index in [9.17, 15) is 10.1 Å². The summed E-state index contributed by atoms with van der Waals surface area (Å²) in [4.78, 5) is 16.3. The quantitative estimate of drug-likeness (QED) is 0.583. The Balaban J connectivity index is 2.02. The predicted molar refractivity (Wildman–Crippen MR) is 68.0 cm³/mol. The minimum Gasteiger partial charge on any atom is -0.378 e. The fourth-order valence-electron chi connectivity index (χ4n) is 1.76. The monoisotopic (exact) mass is 252 g/mol. The molecule has 1 aromatic heterocycles. The molecule has 0 bridgehead atoms. The molecule has 8 nitrogen and oxygen atoms in total. The van der Waals surface area contributed by atoms with Crippen molar-refractivity contribution in [3.63, 3.8) is 0 Å². The molecule has 0 aliphatic carbocycles. The first-order valence-corrected chi connectivity index (χ1v) is 5.67. The maximum Gasteiger partial charge on any atom is 0.311 e. The summed E-state index contributed by atoms with van der Waals surface area (Å²) in [6.45, 7) is 3.68. The molecular weight excluding hydrogens is 236 g/mol. The molecule has 0 amide bonds. The number of anilines is 2. The highest BCUT2D eigenvalue weighted by atomic mass is 16.6. The van der Waals surface area contributed by atoms with Gasteiger partial charge in [0.05, 0.1) is 4.92 Å². The van der Waals surface area contributed by atoms with Gasteiger partial charge in [0.15, 0.2) is 0 Å². The van der Waals surface area contributed by atoms with Crippen LogP contribution < -0.4 is 11.2 Å². The lowest BCUT2D eigenvalue weighted by Gasteiger charge is -2.32. The molecule has 1 saturated heterocycles. The summed E-state index contributed by atoms with van der Waals surface area (Å²) in [5, 5.41) is 12.6. The second-order valence-electron chi connectivity index (χ2n) is 4.26. The van der Waals surface area contributed by atoms with Crippen LogP contribution in [0.4, 0.5) is 17.3 Å². The Morgan fingerprint density at radius 1 is 1.39 bits per heavy atom. The minimum absolute atomic E-state index is 0.0703. The topological polar surface area (TPSA) is 101 Å². The number of rotatable bonds is 3. The van der Waals surface area contributed by atoms with Gasteiger partial charge in [-0.2, -0.15) is 0 Å². The number of aromatic nitrogens is 1. The van der Waals surface area contributed by atoms with Gasteiger partial charge in [-0.05, 0) is 13.1 Å². The van der Waals surface area contributed by atoms with E-state index < -0.39 is 4.92 Å². The normalized spacial score (nSPS) is 17.6. The Labute approximate surface area is 105 Å². The first kappa shape index (κ1) is 12.5. The molecule has 0 atom stereocenters. The molecule has 0 spiro atoms. The Morgan fingerprint density at radius 2 is 2.06 bits per heavy atom. The molecule has 1 aliphatic rings. The number of nitrogens with zero attached hydrogens (tertiary/aromatic N) is 4. The van der Waals surface area contributed by atoms with Gasteiger partial charge in [-0.25, -0.2) is 9.99 Å². The number of nitrogens with one attached hydrogen (secondary N) is 1. The van der Waals surface area contributed by atoms with Crippen LogP contribution >= 0.6 is 0 Å². The van der Waals surface area contributed by atoms with Gasteiger partial charge < -0.3 is 16.1 Å². The molecule has 0 radical (unpaired) electrons. The summed E-state index contributed by atoms with van der Waals surface area (Å²) < 4.78 is 0. The predicted octanol–water partition coefficient (Wildman–Crippen LogP) is 0.146. The number of nitro groups is 1. The van der Waals surface area contributed by atoms with Crippen molar-refractivity contribution >= 4 is 17.3 Å². The van der Waals surface area contributed by atoms with Crippen molar-refractivity contribution in [3.8, 4) is 0 Å². The van der Waals surface area contributed by atoms with Crippen LogP contribution in [0.15, 0.2) is 12.1 Å². The number of hydrogen-bond donors (Lipinski definition) is 2. The third-order valence-electron chi connectivity index (χ3n) is 2.88. The number of hydrogen-bond acceptors (Lipinski definition) is 7. The molecule has 1 aliphatic heterocycles. The van der Waals surface area contributed by atoms with Crippen molar-refractivity contribution in [3.05, 3.63) is 22.2 Å². The van der Waals surface area contributed by atoms with Crippen molar-refractivity contribution in [1.82, 2.24) is 14.9 Å². The fraction of sp³-hybridized carbons (Fsp3) is 0.500. The van der Waals surface area contributed by atoms with E-state index in [2.05, 4.69) is 22.4 Å². The maximum absolute atomic E-state index is 10.6. The molecule has 18 heavy (non-hydrogen) atoms. The molecule has 2 heterocycles. The van der Waals surface area contributed by atoms with Crippen molar-refractivity contribution in [2.45, 2.75) is 0 Å². The number of piperazine rings is 1. The highest BCUT2D eigenvalue weighted by molar-refractivity contribution is 5.56. The zero-order chi connectivity index (χ0) is 13.1. The fourth-order valence-corrected chi connectivity index (χ4v) is 1.76. The lowest BCUT2D eigenvalue weighted by molar-refractivity contribution is -0.384. The lowest BCUT2D eigenvalue weighted by atomic mass is 10.3. The van der Waals surface area contributed by atoms with Crippen LogP contribution in [-0.4, -0.2) is 53.0 Å². The summed E-state index contributed by atoms with van der Waals surface area (Å²) in [5.41, 5.74) is 8.46. The third kappa shape index (κ3) is 2.84. The molecule has 2 rings (SSSR count). The second-order valence-corrected chi connectivity index (χ2v) is 4.26. The molecule has 3 N–H and O–H groups in total. The Kier molecular flexibility index (Phi) is 3.58. The van der Waals surface area contributed by atoms with Crippen molar-refractivity contribution in [2.24, 2.45) is 0 Å². The van der Waals surface area contributed by atoms with Crippen LogP contribution in [-0.2, 0) is 0 Å². The number of nitrogens with two attached hydrogens (primary N) is 1. The van der Waals surface area contributed by atoms with E-state index in [4.69, 9.17) is 5.73 Å². The zero-order valence-electron chi connectivity index (χ0n) is 10.2. The van der Waals surface area contributed by atoms with Crippen LogP contribution in [0.3, 0.4) is 0 Å². The molecule has 1 aromatic rings. The number of likely N-dealkylation sites (N-methyl/N-ethyl adjacent to an activating group) is 1. The van der Waals surface area contributed by atoms with Gasteiger partial charge in [-0.15, -0.1) is 0 Å². The van der Waals surface area contributed by atoms with Crippen LogP contribution in [0.25, 0.3) is 0 Å². The van der Waals surface area contributed by atoms with Crippen LogP contribution in [0.1, 0.15) is 0 Å². The molecule has 0 saturated carbocycles. The van der Waals surface area contributed by atoms with Crippen molar-refractivity contribution in [1.29, 1.82) is 0 Å². The van der Waals surface area contributed by atoms with E-state index in [0.717, 1.165) is 26.2 Å². The van der Waals surface area contributed by atoms with Gasteiger partial charge in [0.2, 0.25) is 5.82 Å².